The quantitative estimate of drug-likeness (QED) is 0.845. The van der Waals surface area contributed by atoms with Gasteiger partial charge < -0.3 is 5.32 Å². The van der Waals surface area contributed by atoms with Gasteiger partial charge in [0.15, 0.2) is 0 Å². The fourth-order valence-electron chi connectivity index (χ4n) is 2.91. The Kier molecular flexibility index (Phi) is 4.97. The first-order chi connectivity index (χ1) is 9.71. The molecule has 0 radical (unpaired) electrons. The van der Waals surface area contributed by atoms with Gasteiger partial charge in [0.1, 0.15) is 0 Å². The van der Waals surface area contributed by atoms with Crippen molar-refractivity contribution in [2.75, 3.05) is 7.05 Å². The van der Waals surface area contributed by atoms with E-state index in [4.69, 9.17) is 0 Å². The molecule has 0 bridgehead atoms. The summed E-state index contributed by atoms with van der Waals surface area (Å²) >= 11 is 0. The Bertz CT molecular complexity index is 572. The molecule has 0 fully saturated rings. The van der Waals surface area contributed by atoms with Crippen molar-refractivity contribution in [3.8, 4) is 0 Å². The standard InChI is InChI=1S/C19H25N/c1-5-15-11-12-17(13-16(15)6-2)19(20-4)18-10-8-7-9-14(18)3/h7-13,19-20H,5-6H2,1-4H3. The van der Waals surface area contributed by atoms with Gasteiger partial charge in [-0.15, -0.1) is 0 Å². The van der Waals surface area contributed by atoms with Gasteiger partial charge in [-0.25, -0.2) is 0 Å². The third kappa shape index (κ3) is 2.94. The summed E-state index contributed by atoms with van der Waals surface area (Å²) in [4.78, 5) is 0. The summed E-state index contributed by atoms with van der Waals surface area (Å²) in [7, 11) is 2.04. The Balaban J connectivity index is 2.45. The molecule has 0 spiro atoms. The number of rotatable bonds is 5. The van der Waals surface area contributed by atoms with E-state index in [0.717, 1.165) is 12.8 Å². The van der Waals surface area contributed by atoms with Crippen molar-refractivity contribution in [3.63, 3.8) is 0 Å². The van der Waals surface area contributed by atoms with Crippen molar-refractivity contribution in [3.05, 3.63) is 70.3 Å². The fraction of sp³-hybridized carbons (Fsp3) is 0.368. The molecular weight excluding hydrogens is 242 g/mol. The molecule has 0 aliphatic rings. The van der Waals surface area contributed by atoms with Crippen LogP contribution in [0.2, 0.25) is 0 Å². The van der Waals surface area contributed by atoms with Gasteiger partial charge in [0, 0.05) is 0 Å². The van der Waals surface area contributed by atoms with Crippen LogP contribution in [-0.4, -0.2) is 7.05 Å². The first kappa shape index (κ1) is 14.8. The van der Waals surface area contributed by atoms with Crippen LogP contribution in [0.15, 0.2) is 42.5 Å². The van der Waals surface area contributed by atoms with Crippen molar-refractivity contribution >= 4 is 0 Å². The molecule has 1 N–H and O–H groups in total. The summed E-state index contributed by atoms with van der Waals surface area (Å²) < 4.78 is 0. The molecule has 0 aliphatic carbocycles. The lowest BCUT2D eigenvalue weighted by molar-refractivity contribution is 0.686. The predicted octanol–water partition coefficient (Wildman–Crippen LogP) is 4.43. The molecule has 0 aromatic heterocycles. The first-order valence-corrected chi connectivity index (χ1v) is 7.55. The maximum Gasteiger partial charge on any atom is 0.0576 e. The van der Waals surface area contributed by atoms with E-state index < -0.39 is 0 Å². The second-order valence-corrected chi connectivity index (χ2v) is 5.31. The summed E-state index contributed by atoms with van der Waals surface area (Å²) in [6.45, 7) is 6.65. The van der Waals surface area contributed by atoms with Gasteiger partial charge in [-0.2, -0.15) is 0 Å². The monoisotopic (exact) mass is 267 g/mol. The van der Waals surface area contributed by atoms with Crippen LogP contribution >= 0.6 is 0 Å². The number of hydrogen-bond donors (Lipinski definition) is 1. The van der Waals surface area contributed by atoms with Gasteiger partial charge in [0.25, 0.3) is 0 Å². The lowest BCUT2D eigenvalue weighted by Gasteiger charge is -2.21. The minimum absolute atomic E-state index is 0.271. The molecule has 106 valence electrons. The van der Waals surface area contributed by atoms with Crippen LogP contribution in [0.4, 0.5) is 0 Å². The Hall–Kier alpha value is -1.60. The maximum absolute atomic E-state index is 3.46. The van der Waals surface area contributed by atoms with Gasteiger partial charge in [-0.3, -0.25) is 0 Å². The van der Waals surface area contributed by atoms with Crippen LogP contribution < -0.4 is 5.32 Å². The van der Waals surface area contributed by atoms with Gasteiger partial charge in [-0.1, -0.05) is 56.3 Å². The zero-order chi connectivity index (χ0) is 14.5. The summed E-state index contributed by atoms with van der Waals surface area (Å²) in [6, 6.07) is 15.8. The average Bonchev–Trinajstić information content (AvgIpc) is 2.49. The molecule has 0 heterocycles. The van der Waals surface area contributed by atoms with Crippen LogP contribution in [-0.2, 0) is 12.8 Å². The van der Waals surface area contributed by atoms with Gasteiger partial charge in [0.05, 0.1) is 6.04 Å². The summed E-state index contributed by atoms with van der Waals surface area (Å²) in [5.74, 6) is 0. The lowest BCUT2D eigenvalue weighted by Crippen LogP contribution is -2.19. The molecule has 2 aromatic rings. The summed E-state index contributed by atoms with van der Waals surface area (Å²) in [6.07, 6.45) is 2.21. The van der Waals surface area contributed by atoms with Crippen molar-refractivity contribution in [1.29, 1.82) is 0 Å². The third-order valence-corrected chi connectivity index (χ3v) is 4.11. The van der Waals surface area contributed by atoms with E-state index >= 15 is 0 Å². The van der Waals surface area contributed by atoms with E-state index in [1.165, 1.54) is 27.8 Å². The van der Waals surface area contributed by atoms with E-state index in [1.54, 1.807) is 0 Å². The Labute approximate surface area is 123 Å². The second-order valence-electron chi connectivity index (χ2n) is 5.31. The SMILES string of the molecule is CCc1ccc(C(NC)c2ccccc2C)cc1CC. The van der Waals surface area contributed by atoms with E-state index in [1.807, 2.05) is 7.05 Å². The van der Waals surface area contributed by atoms with Gasteiger partial charge in [-0.05, 0) is 54.6 Å². The normalized spacial score (nSPS) is 12.4. The molecule has 0 saturated heterocycles. The van der Waals surface area contributed by atoms with Crippen LogP contribution in [0.3, 0.4) is 0 Å². The molecule has 0 saturated carbocycles. The largest absolute Gasteiger partial charge is 0.309 e. The number of aryl methyl sites for hydroxylation is 3. The average molecular weight is 267 g/mol. The molecule has 2 rings (SSSR count). The Morgan fingerprint density at radius 2 is 1.65 bits per heavy atom. The topological polar surface area (TPSA) is 12.0 Å². The zero-order valence-electron chi connectivity index (χ0n) is 13.0. The molecule has 0 aliphatic heterocycles. The van der Waals surface area contributed by atoms with Crippen LogP contribution in [0.1, 0.15) is 47.7 Å². The van der Waals surface area contributed by atoms with Crippen LogP contribution in [0.25, 0.3) is 0 Å². The number of nitrogens with one attached hydrogen (secondary N) is 1. The predicted molar refractivity (Wildman–Crippen MR) is 87.3 cm³/mol. The highest BCUT2D eigenvalue weighted by Crippen LogP contribution is 2.26. The highest BCUT2D eigenvalue weighted by atomic mass is 14.9. The molecule has 20 heavy (non-hydrogen) atoms. The highest BCUT2D eigenvalue weighted by Gasteiger charge is 2.14. The van der Waals surface area contributed by atoms with Crippen molar-refractivity contribution in [2.45, 2.75) is 39.7 Å². The summed E-state index contributed by atoms with van der Waals surface area (Å²) in [5, 5.41) is 3.46. The zero-order valence-corrected chi connectivity index (χ0v) is 13.0. The molecule has 0 amide bonds. The molecule has 1 nitrogen and oxygen atoms in total. The number of hydrogen-bond acceptors (Lipinski definition) is 1. The fourth-order valence-corrected chi connectivity index (χ4v) is 2.91. The van der Waals surface area contributed by atoms with Crippen molar-refractivity contribution in [2.24, 2.45) is 0 Å². The van der Waals surface area contributed by atoms with E-state index in [-0.39, 0.29) is 6.04 Å². The smallest absolute Gasteiger partial charge is 0.0576 e. The Morgan fingerprint density at radius 3 is 2.25 bits per heavy atom. The molecule has 1 unspecified atom stereocenters. The lowest BCUT2D eigenvalue weighted by atomic mass is 9.91. The van der Waals surface area contributed by atoms with Crippen LogP contribution in [0, 0.1) is 6.92 Å². The Morgan fingerprint density at radius 1 is 0.950 bits per heavy atom. The minimum Gasteiger partial charge on any atom is -0.309 e. The van der Waals surface area contributed by atoms with Crippen molar-refractivity contribution < 1.29 is 0 Å². The number of benzene rings is 2. The molecule has 1 heteroatoms. The maximum atomic E-state index is 3.46. The summed E-state index contributed by atoms with van der Waals surface area (Å²) in [5.41, 5.74) is 7.00. The van der Waals surface area contributed by atoms with Gasteiger partial charge in [0.2, 0.25) is 0 Å². The van der Waals surface area contributed by atoms with Gasteiger partial charge >= 0.3 is 0 Å². The molecular formula is C19H25N. The third-order valence-electron chi connectivity index (χ3n) is 4.11. The van der Waals surface area contributed by atoms with E-state index in [0.29, 0.717) is 0 Å². The minimum atomic E-state index is 0.271. The second kappa shape index (κ2) is 6.71. The first-order valence-electron chi connectivity index (χ1n) is 7.55. The molecule has 1 atom stereocenters. The molecule has 2 aromatic carbocycles. The van der Waals surface area contributed by atoms with Crippen LogP contribution in [0.5, 0.6) is 0 Å². The van der Waals surface area contributed by atoms with Crippen molar-refractivity contribution in [1.82, 2.24) is 5.32 Å². The highest BCUT2D eigenvalue weighted by molar-refractivity contribution is 5.40. The van der Waals surface area contributed by atoms with E-state index in [2.05, 4.69) is 68.6 Å². The van der Waals surface area contributed by atoms with E-state index in [9.17, 15) is 0 Å².